The highest BCUT2D eigenvalue weighted by Gasteiger charge is 2.31. The highest BCUT2D eigenvalue weighted by molar-refractivity contribution is 5.35. The molecule has 1 rings (SSSR count). The van der Waals surface area contributed by atoms with Crippen LogP contribution in [0.5, 0.6) is 0 Å². The van der Waals surface area contributed by atoms with Gasteiger partial charge >= 0.3 is 6.18 Å². The third-order valence-electron chi connectivity index (χ3n) is 3.36. The standard InChI is InChI=1S/C14H21F3N2O/c1-4-5-12(20-3)13(19-18)11-7-6-10(8-9(11)2)14(15,16)17/h6-8,12-13,19H,4-5,18H2,1-3H3. The van der Waals surface area contributed by atoms with Gasteiger partial charge in [0.25, 0.3) is 0 Å². The number of alkyl halides is 3. The number of hydrazine groups is 1. The lowest BCUT2D eigenvalue weighted by Crippen LogP contribution is -2.38. The first-order valence-corrected chi connectivity index (χ1v) is 6.51. The number of benzene rings is 1. The first kappa shape index (κ1) is 16.9. The molecule has 0 saturated carbocycles. The van der Waals surface area contributed by atoms with Gasteiger partial charge in [0, 0.05) is 7.11 Å². The number of halogens is 3. The zero-order chi connectivity index (χ0) is 15.3. The summed E-state index contributed by atoms with van der Waals surface area (Å²) >= 11 is 0. The zero-order valence-corrected chi connectivity index (χ0v) is 11.9. The maximum absolute atomic E-state index is 12.7. The highest BCUT2D eigenvalue weighted by Crippen LogP contribution is 2.32. The summed E-state index contributed by atoms with van der Waals surface area (Å²) in [7, 11) is 1.57. The molecule has 0 aliphatic rings. The van der Waals surface area contributed by atoms with E-state index < -0.39 is 11.7 Å². The Morgan fingerprint density at radius 2 is 2.00 bits per heavy atom. The SMILES string of the molecule is CCCC(OC)C(NN)c1ccc(C(F)(F)F)cc1C. The second kappa shape index (κ2) is 7.06. The number of nitrogens with one attached hydrogen (secondary N) is 1. The van der Waals surface area contributed by atoms with E-state index in [0.29, 0.717) is 5.56 Å². The van der Waals surface area contributed by atoms with Gasteiger partial charge in [0.2, 0.25) is 0 Å². The van der Waals surface area contributed by atoms with E-state index in [4.69, 9.17) is 10.6 Å². The molecule has 0 radical (unpaired) electrons. The molecule has 0 fully saturated rings. The Hall–Kier alpha value is -1.11. The van der Waals surface area contributed by atoms with Crippen molar-refractivity contribution in [3.8, 4) is 0 Å². The van der Waals surface area contributed by atoms with Gasteiger partial charge in [-0.05, 0) is 36.6 Å². The van der Waals surface area contributed by atoms with Gasteiger partial charge in [0.15, 0.2) is 0 Å². The molecular formula is C14H21F3N2O. The van der Waals surface area contributed by atoms with Gasteiger partial charge in [0.1, 0.15) is 0 Å². The summed E-state index contributed by atoms with van der Waals surface area (Å²) in [4.78, 5) is 0. The summed E-state index contributed by atoms with van der Waals surface area (Å²) < 4.78 is 43.4. The maximum atomic E-state index is 12.7. The van der Waals surface area contributed by atoms with Crippen LogP contribution in [0.3, 0.4) is 0 Å². The van der Waals surface area contributed by atoms with Crippen LogP contribution in [0.1, 0.15) is 42.5 Å². The van der Waals surface area contributed by atoms with Crippen LogP contribution in [0, 0.1) is 6.92 Å². The van der Waals surface area contributed by atoms with Gasteiger partial charge in [0.05, 0.1) is 17.7 Å². The van der Waals surface area contributed by atoms with Crippen molar-refractivity contribution in [1.29, 1.82) is 0 Å². The summed E-state index contributed by atoms with van der Waals surface area (Å²) in [6.07, 6.45) is -2.85. The number of methoxy groups -OCH3 is 1. The number of rotatable bonds is 6. The van der Waals surface area contributed by atoms with Crippen LogP contribution < -0.4 is 11.3 Å². The predicted octanol–water partition coefficient (Wildman–Crippen LogP) is 3.33. The normalized spacial score (nSPS) is 15.2. The van der Waals surface area contributed by atoms with Crippen LogP contribution in [0.2, 0.25) is 0 Å². The van der Waals surface area contributed by atoms with Crippen LogP contribution in [0.15, 0.2) is 18.2 Å². The quantitative estimate of drug-likeness (QED) is 0.624. The Morgan fingerprint density at radius 1 is 1.35 bits per heavy atom. The number of ether oxygens (including phenoxy) is 1. The van der Waals surface area contributed by atoms with E-state index in [2.05, 4.69) is 5.43 Å². The number of hydrogen-bond donors (Lipinski definition) is 2. The van der Waals surface area contributed by atoms with Gasteiger partial charge in [-0.1, -0.05) is 19.4 Å². The number of nitrogens with two attached hydrogens (primary N) is 1. The smallest absolute Gasteiger partial charge is 0.379 e. The van der Waals surface area contributed by atoms with Crippen molar-refractivity contribution in [2.24, 2.45) is 5.84 Å². The highest BCUT2D eigenvalue weighted by atomic mass is 19.4. The lowest BCUT2D eigenvalue weighted by Gasteiger charge is -2.27. The van der Waals surface area contributed by atoms with Gasteiger partial charge in [-0.2, -0.15) is 13.2 Å². The Bertz CT molecular complexity index is 435. The topological polar surface area (TPSA) is 47.3 Å². The third-order valence-corrected chi connectivity index (χ3v) is 3.36. The Kier molecular flexibility index (Phi) is 5.98. The van der Waals surface area contributed by atoms with E-state index in [-0.39, 0.29) is 12.1 Å². The Labute approximate surface area is 117 Å². The van der Waals surface area contributed by atoms with Crippen LogP contribution in [-0.2, 0) is 10.9 Å². The average molecular weight is 290 g/mol. The molecule has 2 atom stereocenters. The molecule has 0 saturated heterocycles. The van der Waals surface area contributed by atoms with Crippen molar-refractivity contribution in [2.45, 2.75) is 45.0 Å². The third kappa shape index (κ3) is 3.94. The fourth-order valence-electron chi connectivity index (χ4n) is 2.30. The molecule has 0 aliphatic heterocycles. The number of hydrogen-bond acceptors (Lipinski definition) is 3. The lowest BCUT2D eigenvalue weighted by molar-refractivity contribution is -0.137. The van der Waals surface area contributed by atoms with Crippen molar-refractivity contribution in [3.63, 3.8) is 0 Å². The van der Waals surface area contributed by atoms with Gasteiger partial charge in [-0.3, -0.25) is 11.3 Å². The molecule has 6 heteroatoms. The van der Waals surface area contributed by atoms with E-state index >= 15 is 0 Å². The average Bonchev–Trinajstić information content (AvgIpc) is 2.38. The molecule has 0 amide bonds. The molecule has 0 bridgehead atoms. The molecule has 0 aliphatic carbocycles. The van der Waals surface area contributed by atoms with E-state index in [1.54, 1.807) is 14.0 Å². The fraction of sp³-hybridized carbons (Fsp3) is 0.571. The molecule has 114 valence electrons. The van der Waals surface area contributed by atoms with E-state index in [0.717, 1.165) is 30.5 Å². The Balaban J connectivity index is 3.10. The molecule has 1 aromatic rings. The summed E-state index contributed by atoms with van der Waals surface area (Å²) in [5, 5.41) is 0. The molecule has 3 nitrogen and oxygen atoms in total. The molecule has 0 heterocycles. The summed E-state index contributed by atoms with van der Waals surface area (Å²) in [5.41, 5.74) is 3.26. The summed E-state index contributed by atoms with van der Waals surface area (Å²) in [6, 6.07) is 3.34. The van der Waals surface area contributed by atoms with Gasteiger partial charge in [-0.25, -0.2) is 0 Å². The minimum Gasteiger partial charge on any atom is -0.379 e. The van der Waals surface area contributed by atoms with Crippen molar-refractivity contribution < 1.29 is 17.9 Å². The molecule has 2 unspecified atom stereocenters. The molecule has 0 spiro atoms. The monoisotopic (exact) mass is 290 g/mol. The summed E-state index contributed by atoms with van der Waals surface area (Å²) in [6.45, 7) is 3.66. The number of aryl methyl sites for hydroxylation is 1. The molecule has 1 aromatic carbocycles. The van der Waals surface area contributed by atoms with E-state index in [1.807, 2.05) is 6.92 Å². The first-order valence-electron chi connectivity index (χ1n) is 6.51. The van der Waals surface area contributed by atoms with Crippen molar-refractivity contribution in [3.05, 3.63) is 34.9 Å². The summed E-state index contributed by atoms with van der Waals surface area (Å²) in [5.74, 6) is 5.55. The predicted molar refractivity (Wildman–Crippen MR) is 72.0 cm³/mol. The van der Waals surface area contributed by atoms with Gasteiger partial charge in [-0.15, -0.1) is 0 Å². The maximum Gasteiger partial charge on any atom is 0.416 e. The Morgan fingerprint density at radius 3 is 2.40 bits per heavy atom. The van der Waals surface area contributed by atoms with Crippen LogP contribution in [0.4, 0.5) is 13.2 Å². The minimum absolute atomic E-state index is 0.180. The molecular weight excluding hydrogens is 269 g/mol. The second-order valence-corrected chi connectivity index (χ2v) is 4.78. The van der Waals surface area contributed by atoms with E-state index in [9.17, 15) is 13.2 Å². The fourth-order valence-corrected chi connectivity index (χ4v) is 2.30. The van der Waals surface area contributed by atoms with Crippen molar-refractivity contribution in [1.82, 2.24) is 5.43 Å². The minimum atomic E-state index is -4.33. The van der Waals surface area contributed by atoms with Gasteiger partial charge < -0.3 is 4.74 Å². The van der Waals surface area contributed by atoms with Crippen molar-refractivity contribution >= 4 is 0 Å². The van der Waals surface area contributed by atoms with Crippen LogP contribution in [-0.4, -0.2) is 13.2 Å². The van der Waals surface area contributed by atoms with Crippen molar-refractivity contribution in [2.75, 3.05) is 7.11 Å². The second-order valence-electron chi connectivity index (χ2n) is 4.78. The van der Waals surface area contributed by atoms with Crippen LogP contribution >= 0.6 is 0 Å². The molecule has 20 heavy (non-hydrogen) atoms. The lowest BCUT2D eigenvalue weighted by atomic mass is 9.93. The zero-order valence-electron chi connectivity index (χ0n) is 11.9. The van der Waals surface area contributed by atoms with Crippen LogP contribution in [0.25, 0.3) is 0 Å². The molecule has 0 aromatic heterocycles. The molecule has 3 N–H and O–H groups in total. The first-order chi connectivity index (χ1) is 9.35. The largest absolute Gasteiger partial charge is 0.416 e. The van der Waals surface area contributed by atoms with E-state index in [1.165, 1.54) is 6.07 Å².